The molecule has 0 bridgehead atoms. The molecule has 0 radical (unpaired) electrons. The van der Waals surface area contributed by atoms with Crippen molar-refractivity contribution in [2.24, 2.45) is 0 Å². The van der Waals surface area contributed by atoms with Gasteiger partial charge in [0.15, 0.2) is 0 Å². The largest absolute Gasteiger partial charge is 0.356 e. The maximum atomic E-state index is 13.4. The summed E-state index contributed by atoms with van der Waals surface area (Å²) >= 11 is 0. The van der Waals surface area contributed by atoms with E-state index in [1.54, 1.807) is 12.1 Å². The Bertz CT molecular complexity index is 616. The molecule has 0 aliphatic heterocycles. The van der Waals surface area contributed by atoms with Gasteiger partial charge in [-0.15, -0.1) is 0 Å². The van der Waals surface area contributed by atoms with Crippen molar-refractivity contribution < 1.29 is 9.18 Å². The number of carbonyl (C=O) groups is 1. The Hall–Kier alpha value is -2.20. The molecule has 0 aliphatic rings. The molecule has 0 unspecified atom stereocenters. The molecule has 2 aromatic carbocycles. The zero-order chi connectivity index (χ0) is 17.0. The average molecular weight is 328 g/mol. The van der Waals surface area contributed by atoms with E-state index in [9.17, 15) is 9.18 Å². The minimum atomic E-state index is -0.171. The second-order valence-electron chi connectivity index (χ2n) is 5.78. The van der Waals surface area contributed by atoms with E-state index in [-0.39, 0.29) is 11.7 Å². The molecule has 0 saturated heterocycles. The summed E-state index contributed by atoms with van der Waals surface area (Å²) < 4.78 is 13.4. The minimum absolute atomic E-state index is 0.0569. The molecule has 2 rings (SSSR count). The lowest BCUT2D eigenvalue weighted by molar-refractivity contribution is -0.120. The normalized spacial score (nSPS) is 10.5. The molecule has 24 heavy (non-hydrogen) atoms. The van der Waals surface area contributed by atoms with Crippen LogP contribution in [0.2, 0.25) is 0 Å². The zero-order valence-electron chi connectivity index (χ0n) is 13.9. The molecule has 0 saturated carbocycles. The van der Waals surface area contributed by atoms with Crippen molar-refractivity contribution >= 4 is 5.91 Å². The van der Waals surface area contributed by atoms with Gasteiger partial charge in [-0.2, -0.15) is 0 Å². The van der Waals surface area contributed by atoms with E-state index in [1.165, 1.54) is 11.6 Å². The zero-order valence-corrected chi connectivity index (χ0v) is 13.9. The fourth-order valence-electron chi connectivity index (χ4n) is 2.50. The summed E-state index contributed by atoms with van der Waals surface area (Å²) in [6.45, 7) is 1.98. The van der Waals surface area contributed by atoms with Crippen LogP contribution in [0, 0.1) is 5.82 Å². The van der Waals surface area contributed by atoms with Crippen LogP contribution in [-0.2, 0) is 17.6 Å². The van der Waals surface area contributed by atoms with Gasteiger partial charge < -0.3 is 10.6 Å². The van der Waals surface area contributed by atoms with E-state index in [1.807, 2.05) is 24.3 Å². The van der Waals surface area contributed by atoms with Crippen LogP contribution in [0.25, 0.3) is 0 Å². The van der Waals surface area contributed by atoms with Gasteiger partial charge in [-0.25, -0.2) is 4.39 Å². The number of rotatable bonds is 10. The van der Waals surface area contributed by atoms with Crippen LogP contribution >= 0.6 is 0 Å². The van der Waals surface area contributed by atoms with Crippen molar-refractivity contribution in [1.82, 2.24) is 10.6 Å². The van der Waals surface area contributed by atoms with Crippen LogP contribution < -0.4 is 10.6 Å². The molecular weight excluding hydrogens is 303 g/mol. The SMILES string of the molecule is O=C(CCNCCc1ccccc1F)NCCCc1ccccc1. The maximum Gasteiger partial charge on any atom is 0.221 e. The predicted molar refractivity (Wildman–Crippen MR) is 95.4 cm³/mol. The lowest BCUT2D eigenvalue weighted by Gasteiger charge is -2.07. The molecule has 0 fully saturated rings. The van der Waals surface area contributed by atoms with Gasteiger partial charge in [0.05, 0.1) is 0 Å². The third-order valence-corrected chi connectivity index (χ3v) is 3.87. The molecule has 4 heteroatoms. The van der Waals surface area contributed by atoms with Crippen LogP contribution in [0.3, 0.4) is 0 Å². The van der Waals surface area contributed by atoms with Crippen LogP contribution in [-0.4, -0.2) is 25.5 Å². The Kier molecular flexibility index (Phi) is 7.98. The molecule has 3 nitrogen and oxygen atoms in total. The number of halogens is 1. The first-order chi connectivity index (χ1) is 11.8. The van der Waals surface area contributed by atoms with E-state index >= 15 is 0 Å². The highest BCUT2D eigenvalue weighted by molar-refractivity contribution is 5.75. The molecule has 0 aromatic heterocycles. The molecule has 2 N–H and O–H groups in total. The van der Waals surface area contributed by atoms with Gasteiger partial charge in [-0.05, 0) is 43.0 Å². The van der Waals surface area contributed by atoms with Crippen molar-refractivity contribution in [2.45, 2.75) is 25.7 Å². The van der Waals surface area contributed by atoms with Crippen molar-refractivity contribution in [3.8, 4) is 0 Å². The Balaban J connectivity index is 1.48. The highest BCUT2D eigenvalue weighted by Crippen LogP contribution is 2.06. The smallest absolute Gasteiger partial charge is 0.221 e. The van der Waals surface area contributed by atoms with Gasteiger partial charge in [-0.1, -0.05) is 48.5 Å². The lowest BCUT2D eigenvalue weighted by atomic mass is 10.1. The van der Waals surface area contributed by atoms with Gasteiger partial charge in [0.2, 0.25) is 5.91 Å². The Labute approximate surface area is 143 Å². The topological polar surface area (TPSA) is 41.1 Å². The van der Waals surface area contributed by atoms with Gasteiger partial charge in [0.1, 0.15) is 5.82 Å². The summed E-state index contributed by atoms with van der Waals surface area (Å²) in [5.41, 5.74) is 2.00. The van der Waals surface area contributed by atoms with Crippen LogP contribution in [0.4, 0.5) is 4.39 Å². The molecular formula is C20H25FN2O. The van der Waals surface area contributed by atoms with Gasteiger partial charge in [0.25, 0.3) is 0 Å². The van der Waals surface area contributed by atoms with Gasteiger partial charge >= 0.3 is 0 Å². The number of hydrogen-bond donors (Lipinski definition) is 2. The highest BCUT2D eigenvalue weighted by atomic mass is 19.1. The van der Waals surface area contributed by atoms with Crippen molar-refractivity contribution in [2.75, 3.05) is 19.6 Å². The van der Waals surface area contributed by atoms with E-state index in [4.69, 9.17) is 0 Å². The standard InChI is InChI=1S/C20H25FN2O/c21-19-11-5-4-10-18(19)12-15-22-16-13-20(24)23-14-6-9-17-7-2-1-3-8-17/h1-5,7-8,10-11,22H,6,9,12-16H2,(H,23,24). The summed E-state index contributed by atoms with van der Waals surface area (Å²) in [6.07, 6.45) is 2.99. The molecule has 128 valence electrons. The second-order valence-corrected chi connectivity index (χ2v) is 5.78. The van der Waals surface area contributed by atoms with Crippen molar-refractivity contribution in [3.05, 3.63) is 71.5 Å². The first-order valence-corrected chi connectivity index (χ1v) is 8.50. The van der Waals surface area contributed by atoms with Crippen molar-refractivity contribution in [1.29, 1.82) is 0 Å². The number of aryl methyl sites for hydroxylation is 1. The van der Waals surface area contributed by atoms with Gasteiger partial charge in [-0.3, -0.25) is 4.79 Å². The van der Waals surface area contributed by atoms with Crippen LogP contribution in [0.1, 0.15) is 24.0 Å². The summed E-state index contributed by atoms with van der Waals surface area (Å²) in [5, 5.41) is 6.11. The first-order valence-electron chi connectivity index (χ1n) is 8.50. The summed E-state index contributed by atoms with van der Waals surface area (Å²) in [6, 6.07) is 17.0. The Morgan fingerprint density at radius 1 is 0.875 bits per heavy atom. The quantitative estimate of drug-likeness (QED) is 0.658. The summed E-state index contributed by atoms with van der Waals surface area (Å²) in [4.78, 5) is 11.7. The summed E-state index contributed by atoms with van der Waals surface area (Å²) in [5.74, 6) is -0.114. The number of nitrogens with one attached hydrogen (secondary N) is 2. The first kappa shape index (κ1) is 18.1. The molecule has 0 spiro atoms. The van der Waals surface area contributed by atoms with E-state index in [2.05, 4.69) is 22.8 Å². The number of carbonyl (C=O) groups excluding carboxylic acids is 1. The second kappa shape index (κ2) is 10.6. The fourth-order valence-corrected chi connectivity index (χ4v) is 2.50. The Morgan fingerprint density at radius 3 is 2.42 bits per heavy atom. The average Bonchev–Trinajstić information content (AvgIpc) is 2.61. The van der Waals surface area contributed by atoms with E-state index < -0.39 is 0 Å². The Morgan fingerprint density at radius 2 is 1.62 bits per heavy atom. The predicted octanol–water partition coefficient (Wildman–Crippen LogP) is 3.10. The highest BCUT2D eigenvalue weighted by Gasteiger charge is 2.02. The van der Waals surface area contributed by atoms with Crippen molar-refractivity contribution in [3.63, 3.8) is 0 Å². The van der Waals surface area contributed by atoms with E-state index in [0.717, 1.165) is 12.8 Å². The third-order valence-electron chi connectivity index (χ3n) is 3.87. The number of hydrogen-bond acceptors (Lipinski definition) is 2. The molecule has 0 heterocycles. The molecule has 1 amide bonds. The van der Waals surface area contributed by atoms with Crippen LogP contribution in [0.15, 0.2) is 54.6 Å². The molecule has 0 aliphatic carbocycles. The monoisotopic (exact) mass is 328 g/mol. The van der Waals surface area contributed by atoms with Gasteiger partial charge in [0, 0.05) is 19.5 Å². The maximum absolute atomic E-state index is 13.4. The summed E-state index contributed by atoms with van der Waals surface area (Å²) in [7, 11) is 0. The lowest BCUT2D eigenvalue weighted by Crippen LogP contribution is -2.29. The molecule has 2 aromatic rings. The molecule has 0 atom stereocenters. The minimum Gasteiger partial charge on any atom is -0.356 e. The number of amides is 1. The van der Waals surface area contributed by atoms with E-state index in [0.29, 0.717) is 38.0 Å². The van der Waals surface area contributed by atoms with Crippen LogP contribution in [0.5, 0.6) is 0 Å². The fraction of sp³-hybridized carbons (Fsp3) is 0.350. The third kappa shape index (κ3) is 6.92. The number of benzene rings is 2.